The molecule has 4 nitrogen and oxygen atoms in total. The number of rotatable bonds is 3. The summed E-state index contributed by atoms with van der Waals surface area (Å²) in [6.45, 7) is 0. The van der Waals surface area contributed by atoms with Gasteiger partial charge >= 0.3 is 0 Å². The van der Waals surface area contributed by atoms with Crippen LogP contribution in [0.3, 0.4) is 0 Å². The number of benzene rings is 2. The fraction of sp³-hybridized carbons (Fsp3) is 0.0769. The summed E-state index contributed by atoms with van der Waals surface area (Å²) in [5.41, 5.74) is 0.643. The second-order valence-corrected chi connectivity index (χ2v) is 3.65. The molecule has 18 heavy (non-hydrogen) atoms. The molecular formula is C13H10FNO3. The van der Waals surface area contributed by atoms with Gasteiger partial charge < -0.3 is 4.74 Å². The Morgan fingerprint density at radius 1 is 1.22 bits per heavy atom. The fourth-order valence-corrected chi connectivity index (χ4v) is 1.69. The lowest BCUT2D eigenvalue weighted by molar-refractivity contribution is -0.384. The number of hydrogen-bond donors (Lipinski definition) is 0. The fourth-order valence-electron chi connectivity index (χ4n) is 1.69. The quantitative estimate of drug-likeness (QED) is 0.617. The van der Waals surface area contributed by atoms with E-state index >= 15 is 0 Å². The van der Waals surface area contributed by atoms with E-state index in [2.05, 4.69) is 0 Å². The van der Waals surface area contributed by atoms with Crippen molar-refractivity contribution in [3.8, 4) is 16.9 Å². The Labute approximate surface area is 103 Å². The van der Waals surface area contributed by atoms with E-state index in [-0.39, 0.29) is 11.3 Å². The third kappa shape index (κ3) is 2.29. The standard InChI is InChI=1S/C13H10FNO3/c1-18-11-4-2-3-9(7-11)12-8-10(14)5-6-13(12)15(16)17/h2-8H,1H3. The molecule has 0 saturated carbocycles. The summed E-state index contributed by atoms with van der Waals surface area (Å²) in [6.07, 6.45) is 0. The Morgan fingerprint density at radius 3 is 2.67 bits per heavy atom. The molecule has 0 heterocycles. The molecule has 0 fully saturated rings. The Kier molecular flexibility index (Phi) is 3.23. The smallest absolute Gasteiger partial charge is 0.277 e. The molecule has 0 aliphatic carbocycles. The van der Waals surface area contributed by atoms with E-state index in [9.17, 15) is 14.5 Å². The Bertz CT molecular complexity index is 599. The zero-order valence-corrected chi connectivity index (χ0v) is 9.59. The van der Waals surface area contributed by atoms with Crippen LogP contribution in [0.5, 0.6) is 5.75 Å². The minimum absolute atomic E-state index is 0.135. The lowest BCUT2D eigenvalue weighted by Crippen LogP contribution is -1.93. The first kappa shape index (κ1) is 12.0. The molecule has 0 radical (unpaired) electrons. The third-order valence-electron chi connectivity index (χ3n) is 2.54. The maximum Gasteiger partial charge on any atom is 0.277 e. The van der Waals surface area contributed by atoms with Crippen LogP contribution in [-0.2, 0) is 0 Å². The summed E-state index contributed by atoms with van der Waals surface area (Å²) in [5, 5.41) is 10.9. The molecule has 0 amide bonds. The lowest BCUT2D eigenvalue weighted by Gasteiger charge is -2.05. The Hall–Kier alpha value is -2.43. The summed E-state index contributed by atoms with van der Waals surface area (Å²) >= 11 is 0. The minimum Gasteiger partial charge on any atom is -0.497 e. The molecule has 0 aromatic heterocycles. The van der Waals surface area contributed by atoms with Gasteiger partial charge in [0, 0.05) is 6.07 Å². The highest BCUT2D eigenvalue weighted by Gasteiger charge is 2.16. The van der Waals surface area contributed by atoms with Crippen molar-refractivity contribution >= 4 is 5.69 Å². The zero-order valence-electron chi connectivity index (χ0n) is 9.59. The van der Waals surface area contributed by atoms with Crippen molar-refractivity contribution in [1.29, 1.82) is 0 Å². The SMILES string of the molecule is COc1cccc(-c2cc(F)ccc2[N+](=O)[O-])c1. The van der Waals surface area contributed by atoms with Crippen molar-refractivity contribution in [1.82, 2.24) is 0 Å². The predicted molar refractivity (Wildman–Crippen MR) is 65.0 cm³/mol. The van der Waals surface area contributed by atoms with Gasteiger partial charge in [-0.15, -0.1) is 0 Å². The summed E-state index contributed by atoms with van der Waals surface area (Å²) in [6, 6.07) is 10.1. The Morgan fingerprint density at radius 2 is 2.00 bits per heavy atom. The highest BCUT2D eigenvalue weighted by molar-refractivity contribution is 5.74. The summed E-state index contributed by atoms with van der Waals surface area (Å²) in [4.78, 5) is 10.4. The van der Waals surface area contributed by atoms with Crippen LogP contribution in [0.4, 0.5) is 10.1 Å². The van der Waals surface area contributed by atoms with E-state index in [1.54, 1.807) is 24.3 Å². The zero-order chi connectivity index (χ0) is 13.1. The maximum atomic E-state index is 13.2. The van der Waals surface area contributed by atoms with Gasteiger partial charge in [-0.3, -0.25) is 10.1 Å². The second-order valence-electron chi connectivity index (χ2n) is 3.65. The van der Waals surface area contributed by atoms with E-state index in [0.29, 0.717) is 11.3 Å². The van der Waals surface area contributed by atoms with Crippen LogP contribution >= 0.6 is 0 Å². The van der Waals surface area contributed by atoms with Gasteiger partial charge in [0.2, 0.25) is 0 Å². The number of nitro benzene ring substituents is 1. The van der Waals surface area contributed by atoms with Crippen LogP contribution in [0.15, 0.2) is 42.5 Å². The van der Waals surface area contributed by atoms with E-state index in [4.69, 9.17) is 4.74 Å². The summed E-state index contributed by atoms with van der Waals surface area (Å²) in [7, 11) is 1.50. The van der Waals surface area contributed by atoms with Gasteiger partial charge in [-0.2, -0.15) is 0 Å². The number of nitrogens with zero attached hydrogens (tertiary/aromatic N) is 1. The largest absolute Gasteiger partial charge is 0.497 e. The lowest BCUT2D eigenvalue weighted by atomic mass is 10.0. The number of ether oxygens (including phenoxy) is 1. The highest BCUT2D eigenvalue weighted by atomic mass is 19.1. The first-order valence-corrected chi connectivity index (χ1v) is 5.20. The monoisotopic (exact) mass is 247 g/mol. The number of halogens is 1. The van der Waals surface area contributed by atoms with Gasteiger partial charge in [-0.05, 0) is 29.8 Å². The second kappa shape index (κ2) is 4.83. The minimum atomic E-state index is -0.533. The van der Waals surface area contributed by atoms with Gasteiger partial charge in [0.05, 0.1) is 17.6 Å². The Balaban J connectivity index is 2.61. The molecular weight excluding hydrogens is 237 g/mol. The molecule has 0 unspecified atom stereocenters. The first-order chi connectivity index (χ1) is 8.61. The molecule has 0 aliphatic rings. The molecule has 0 bridgehead atoms. The summed E-state index contributed by atoms with van der Waals surface area (Å²) < 4.78 is 18.3. The molecule has 2 aromatic rings. The third-order valence-corrected chi connectivity index (χ3v) is 2.54. The molecule has 0 N–H and O–H groups in total. The van der Waals surface area contributed by atoms with Crippen LogP contribution in [0.1, 0.15) is 0 Å². The van der Waals surface area contributed by atoms with Crippen molar-refractivity contribution in [3.05, 3.63) is 58.4 Å². The first-order valence-electron chi connectivity index (χ1n) is 5.20. The molecule has 0 spiro atoms. The molecule has 2 rings (SSSR count). The van der Waals surface area contributed by atoms with Gasteiger partial charge in [0.1, 0.15) is 11.6 Å². The van der Waals surface area contributed by atoms with Crippen LogP contribution in [0.25, 0.3) is 11.1 Å². The van der Waals surface area contributed by atoms with Gasteiger partial charge in [-0.25, -0.2) is 4.39 Å². The van der Waals surface area contributed by atoms with E-state index in [1.807, 2.05) is 0 Å². The van der Waals surface area contributed by atoms with Crippen LogP contribution < -0.4 is 4.74 Å². The maximum absolute atomic E-state index is 13.2. The molecule has 2 aromatic carbocycles. The van der Waals surface area contributed by atoms with Gasteiger partial charge in [0.15, 0.2) is 0 Å². The molecule has 0 saturated heterocycles. The van der Waals surface area contributed by atoms with E-state index in [1.165, 1.54) is 7.11 Å². The van der Waals surface area contributed by atoms with Crippen LogP contribution in [0.2, 0.25) is 0 Å². The topological polar surface area (TPSA) is 52.4 Å². The van der Waals surface area contributed by atoms with E-state index < -0.39 is 10.7 Å². The number of nitro groups is 1. The molecule has 0 aliphatic heterocycles. The highest BCUT2D eigenvalue weighted by Crippen LogP contribution is 2.32. The van der Waals surface area contributed by atoms with E-state index in [0.717, 1.165) is 18.2 Å². The number of hydrogen-bond acceptors (Lipinski definition) is 3. The molecule has 5 heteroatoms. The average molecular weight is 247 g/mol. The van der Waals surface area contributed by atoms with Gasteiger partial charge in [-0.1, -0.05) is 12.1 Å². The van der Waals surface area contributed by atoms with Gasteiger partial charge in [0.25, 0.3) is 5.69 Å². The molecule has 92 valence electrons. The van der Waals surface area contributed by atoms with Crippen molar-refractivity contribution in [3.63, 3.8) is 0 Å². The normalized spacial score (nSPS) is 10.1. The summed E-state index contributed by atoms with van der Waals surface area (Å²) in [5.74, 6) is 0.0458. The van der Waals surface area contributed by atoms with Crippen LogP contribution in [-0.4, -0.2) is 12.0 Å². The average Bonchev–Trinajstić information content (AvgIpc) is 2.38. The van der Waals surface area contributed by atoms with Crippen molar-refractivity contribution in [2.45, 2.75) is 0 Å². The van der Waals surface area contributed by atoms with Crippen molar-refractivity contribution in [2.75, 3.05) is 7.11 Å². The van der Waals surface area contributed by atoms with Crippen molar-refractivity contribution in [2.24, 2.45) is 0 Å². The molecule has 0 atom stereocenters. The predicted octanol–water partition coefficient (Wildman–Crippen LogP) is 3.41. The number of methoxy groups -OCH3 is 1. The van der Waals surface area contributed by atoms with Crippen molar-refractivity contribution < 1.29 is 14.1 Å². The van der Waals surface area contributed by atoms with Crippen LogP contribution in [0, 0.1) is 15.9 Å².